The number of hydrogen-bond acceptors (Lipinski definition) is 3. The van der Waals surface area contributed by atoms with Crippen molar-refractivity contribution in [2.24, 2.45) is 0 Å². The molecule has 0 heterocycles. The molecule has 0 aliphatic carbocycles. The van der Waals surface area contributed by atoms with Gasteiger partial charge in [0.1, 0.15) is 5.75 Å². The van der Waals surface area contributed by atoms with E-state index in [0.717, 1.165) is 0 Å². The Bertz CT molecular complexity index is 1070. The predicted molar refractivity (Wildman–Crippen MR) is 131 cm³/mol. The highest BCUT2D eigenvalue weighted by Crippen LogP contribution is 2.27. The van der Waals surface area contributed by atoms with Crippen LogP contribution in [0.15, 0.2) is 97.4 Å². The van der Waals surface area contributed by atoms with Gasteiger partial charge in [0.25, 0.3) is 5.91 Å². The lowest BCUT2D eigenvalue weighted by Gasteiger charge is -2.09. The van der Waals surface area contributed by atoms with Gasteiger partial charge in [-0.1, -0.05) is 47.8 Å². The summed E-state index contributed by atoms with van der Waals surface area (Å²) in [4.78, 5) is 22.8. The van der Waals surface area contributed by atoms with Crippen LogP contribution in [0.2, 0.25) is 10.0 Å². The zero-order valence-corrected chi connectivity index (χ0v) is 19.1. The highest BCUT2D eigenvalue weighted by molar-refractivity contribution is 6.35. The van der Waals surface area contributed by atoms with Crippen molar-refractivity contribution in [3.63, 3.8) is 0 Å². The normalized spacial score (nSPS) is 8.09. The number of ether oxygens (including phenoxy) is 1. The van der Waals surface area contributed by atoms with Crippen molar-refractivity contribution in [1.29, 1.82) is 0 Å². The molecule has 0 aliphatic heterocycles. The van der Waals surface area contributed by atoms with Crippen molar-refractivity contribution in [2.75, 3.05) is 17.2 Å². The summed E-state index contributed by atoms with van der Waals surface area (Å²) in [5.41, 5.74) is 13.0. The van der Waals surface area contributed by atoms with E-state index in [9.17, 15) is 9.59 Å². The molecule has 5 nitrogen and oxygen atoms in total. The zero-order chi connectivity index (χ0) is 24.4. The number of amides is 2. The largest absolute Gasteiger partial charge is 0.482 e. The Labute approximate surface area is 198 Å². The quantitative estimate of drug-likeness (QED) is 0.502. The van der Waals surface area contributed by atoms with Crippen molar-refractivity contribution < 1.29 is 14.3 Å². The van der Waals surface area contributed by atoms with E-state index in [2.05, 4.69) is 65.6 Å². The van der Waals surface area contributed by atoms with Crippen LogP contribution in [0.4, 0.5) is 11.4 Å². The molecule has 0 aliphatic rings. The van der Waals surface area contributed by atoms with Gasteiger partial charge in [0.2, 0.25) is 5.91 Å². The van der Waals surface area contributed by atoms with Crippen LogP contribution in [0, 0.1) is 0 Å². The minimum Gasteiger partial charge on any atom is -0.482 e. The van der Waals surface area contributed by atoms with Gasteiger partial charge in [-0.15, -0.1) is 5.73 Å². The molecule has 164 valence electrons. The fraction of sp³-hybridized carbons (Fsp3) is 0.0800. The second-order valence-corrected chi connectivity index (χ2v) is 6.37. The van der Waals surface area contributed by atoms with E-state index in [1.807, 2.05) is 0 Å². The number of carbonyl (C=O) groups is 2. The summed E-state index contributed by atoms with van der Waals surface area (Å²) in [7, 11) is 0. The van der Waals surface area contributed by atoms with E-state index in [0.29, 0.717) is 27.2 Å². The third-order valence-electron chi connectivity index (χ3n) is 2.98. The number of halogens is 2. The Hall–Kier alpha value is -3.86. The molecule has 0 saturated heterocycles. The molecule has 0 atom stereocenters. The SMILES string of the molecule is C=C=C.C=C=C=C=C=C.CC(=O)Nc1ccc(NC(=O)COc2ccc(Cl)cc2Cl)cc1. The molecular formula is C25H22Cl2N2O3. The van der Waals surface area contributed by atoms with E-state index in [-0.39, 0.29) is 18.4 Å². The van der Waals surface area contributed by atoms with Crippen LogP contribution >= 0.6 is 23.2 Å². The molecule has 2 rings (SSSR count). The Balaban J connectivity index is 0.000000908. The first-order valence-electron chi connectivity index (χ1n) is 8.86. The van der Waals surface area contributed by atoms with Crippen LogP contribution in [0.25, 0.3) is 0 Å². The molecule has 2 amide bonds. The van der Waals surface area contributed by atoms with Crippen molar-refractivity contribution in [3.8, 4) is 5.75 Å². The molecule has 2 N–H and O–H groups in total. The third-order valence-corrected chi connectivity index (χ3v) is 3.51. The van der Waals surface area contributed by atoms with E-state index in [1.165, 1.54) is 13.0 Å². The second kappa shape index (κ2) is 16.9. The van der Waals surface area contributed by atoms with Gasteiger partial charge in [0, 0.05) is 23.3 Å². The van der Waals surface area contributed by atoms with E-state index >= 15 is 0 Å². The van der Waals surface area contributed by atoms with Crippen molar-refractivity contribution in [2.45, 2.75) is 6.92 Å². The van der Waals surface area contributed by atoms with Crippen molar-refractivity contribution >= 4 is 46.4 Å². The molecule has 0 radical (unpaired) electrons. The number of benzene rings is 2. The summed E-state index contributed by atoms with van der Waals surface area (Å²) >= 11 is 11.7. The molecular weight excluding hydrogens is 447 g/mol. The predicted octanol–water partition coefficient (Wildman–Crippen LogP) is 6.35. The minimum atomic E-state index is -0.330. The number of rotatable bonds is 5. The monoisotopic (exact) mass is 468 g/mol. The maximum Gasteiger partial charge on any atom is 0.262 e. The van der Waals surface area contributed by atoms with Crippen LogP contribution < -0.4 is 15.4 Å². The number of nitrogens with one attached hydrogen (secondary N) is 2. The van der Waals surface area contributed by atoms with Gasteiger partial charge >= 0.3 is 0 Å². The van der Waals surface area contributed by atoms with Crippen molar-refractivity contribution in [3.05, 3.63) is 107 Å². The van der Waals surface area contributed by atoms with Gasteiger partial charge in [0.05, 0.1) is 5.02 Å². The number of anilines is 2. The fourth-order valence-corrected chi connectivity index (χ4v) is 2.32. The van der Waals surface area contributed by atoms with Gasteiger partial charge in [-0.2, -0.15) is 0 Å². The van der Waals surface area contributed by atoms with Crippen LogP contribution in [0.1, 0.15) is 6.92 Å². The average Bonchev–Trinajstić information content (AvgIpc) is 2.74. The van der Waals surface area contributed by atoms with E-state index < -0.39 is 0 Å². The van der Waals surface area contributed by atoms with Gasteiger partial charge in [0.15, 0.2) is 6.61 Å². The molecule has 0 saturated carbocycles. The summed E-state index contributed by atoms with van der Waals surface area (Å²) in [5.74, 6) is -0.106. The first-order chi connectivity index (χ1) is 15.3. The molecule has 0 spiro atoms. The maximum atomic E-state index is 11.9. The summed E-state index contributed by atoms with van der Waals surface area (Å²) in [5, 5.41) is 6.15. The van der Waals surface area contributed by atoms with E-state index in [4.69, 9.17) is 27.9 Å². The highest BCUT2D eigenvalue weighted by atomic mass is 35.5. The van der Waals surface area contributed by atoms with Gasteiger partial charge in [-0.05, 0) is 67.1 Å². The Morgan fingerprint density at radius 3 is 1.84 bits per heavy atom. The van der Waals surface area contributed by atoms with Gasteiger partial charge in [-0.25, -0.2) is 0 Å². The molecule has 0 fully saturated rings. The molecule has 32 heavy (non-hydrogen) atoms. The lowest BCUT2D eigenvalue weighted by molar-refractivity contribution is -0.118. The van der Waals surface area contributed by atoms with Crippen LogP contribution in [0.5, 0.6) is 5.75 Å². The first-order valence-corrected chi connectivity index (χ1v) is 9.61. The lowest BCUT2D eigenvalue weighted by atomic mass is 10.2. The average molecular weight is 469 g/mol. The standard InChI is InChI=1S/C16H14Cl2N2O3.C6H4.C3H4/c1-10(21)19-12-3-5-13(6-4-12)20-16(22)9-23-15-7-2-11(17)8-14(15)18;1-3-5-6-4-2;1-3-2/h2-8H,9H2,1H3,(H,19,21)(H,20,22);1-2H2;1-2H2. The van der Waals surface area contributed by atoms with Gasteiger partial charge < -0.3 is 15.4 Å². The highest BCUT2D eigenvalue weighted by Gasteiger charge is 2.07. The first kappa shape index (κ1) is 28.1. The Kier molecular flexibility index (Phi) is 14.8. The van der Waals surface area contributed by atoms with Crippen LogP contribution in [-0.4, -0.2) is 18.4 Å². The summed E-state index contributed by atoms with van der Waals surface area (Å²) < 4.78 is 5.34. The Morgan fingerprint density at radius 1 is 0.906 bits per heavy atom. The summed E-state index contributed by atoms with van der Waals surface area (Å²) in [6.07, 6.45) is 0. The van der Waals surface area contributed by atoms with Crippen molar-refractivity contribution in [1.82, 2.24) is 0 Å². The smallest absolute Gasteiger partial charge is 0.262 e. The molecule has 0 aromatic heterocycles. The second-order valence-electron chi connectivity index (χ2n) is 5.52. The minimum absolute atomic E-state index is 0.157. The van der Waals surface area contributed by atoms with Crippen LogP contribution in [0.3, 0.4) is 0 Å². The van der Waals surface area contributed by atoms with E-state index in [1.54, 1.807) is 36.4 Å². The maximum absolute atomic E-state index is 11.9. The Morgan fingerprint density at radius 2 is 1.41 bits per heavy atom. The molecule has 2 aromatic rings. The van der Waals surface area contributed by atoms with Crippen LogP contribution in [-0.2, 0) is 9.59 Å². The molecule has 0 bridgehead atoms. The zero-order valence-electron chi connectivity index (χ0n) is 17.6. The molecule has 2 aromatic carbocycles. The number of hydrogen-bond donors (Lipinski definition) is 2. The topological polar surface area (TPSA) is 67.4 Å². The summed E-state index contributed by atoms with van der Waals surface area (Å²) in [6, 6.07) is 11.5. The lowest BCUT2D eigenvalue weighted by Crippen LogP contribution is -2.20. The molecule has 7 heteroatoms. The fourth-order valence-electron chi connectivity index (χ4n) is 1.86. The summed E-state index contributed by atoms with van der Waals surface area (Å²) in [6.45, 7) is 14.0. The molecule has 0 unspecified atom stereocenters. The third kappa shape index (κ3) is 13.4. The van der Waals surface area contributed by atoms with Gasteiger partial charge in [-0.3, -0.25) is 9.59 Å². The number of carbonyl (C=O) groups excluding carboxylic acids is 2.